The Labute approximate surface area is 69.6 Å². The third-order valence-electron chi connectivity index (χ3n) is 2.17. The number of para-hydroxylation sites is 2. The molecule has 0 bridgehead atoms. The van der Waals surface area contributed by atoms with E-state index in [9.17, 15) is 0 Å². The number of fused-ring (bicyclic) bond motifs is 3. The van der Waals surface area contributed by atoms with Crippen LogP contribution in [0.4, 0.5) is 0 Å². The predicted molar refractivity (Wildman–Crippen MR) is 45.2 cm³/mol. The van der Waals surface area contributed by atoms with Gasteiger partial charge in [-0.15, -0.1) is 0 Å². The Hall–Kier alpha value is -1.51. The molecular weight excluding hydrogens is 152 g/mol. The molecule has 3 heteroatoms. The Morgan fingerprint density at radius 3 is 3.25 bits per heavy atom. The van der Waals surface area contributed by atoms with Gasteiger partial charge in [0.25, 0.3) is 6.01 Å². The molecule has 0 N–H and O–H groups in total. The van der Waals surface area contributed by atoms with Crippen LogP contribution in [0.25, 0.3) is 11.0 Å². The monoisotopic (exact) mass is 160 g/mol. The molecule has 3 nitrogen and oxygen atoms in total. The van der Waals surface area contributed by atoms with Crippen LogP contribution >= 0.6 is 0 Å². The van der Waals surface area contributed by atoms with E-state index in [0.717, 1.165) is 24.7 Å². The lowest BCUT2D eigenvalue weighted by molar-refractivity contribution is 0.346. The van der Waals surface area contributed by atoms with Crippen molar-refractivity contribution in [2.75, 3.05) is 6.61 Å². The first kappa shape index (κ1) is 6.06. The van der Waals surface area contributed by atoms with Gasteiger partial charge in [-0.1, -0.05) is 12.1 Å². The van der Waals surface area contributed by atoms with Gasteiger partial charge in [0.2, 0.25) is 0 Å². The van der Waals surface area contributed by atoms with Crippen LogP contribution in [0.5, 0.6) is 6.01 Å². The number of nitrogens with zero attached hydrogens (tertiary/aromatic N) is 2. The second-order valence-corrected chi connectivity index (χ2v) is 2.88. The third kappa shape index (κ3) is 0.630. The fourth-order valence-corrected chi connectivity index (χ4v) is 1.61. The molecule has 2 heterocycles. The van der Waals surface area contributed by atoms with Crippen molar-refractivity contribution < 1.29 is 4.74 Å². The van der Waals surface area contributed by atoms with Crippen LogP contribution in [-0.4, -0.2) is 16.2 Å². The zero-order chi connectivity index (χ0) is 7.97. The molecule has 1 aromatic heterocycles. The highest BCUT2D eigenvalue weighted by Crippen LogP contribution is 2.24. The molecule has 0 atom stereocenters. The van der Waals surface area contributed by atoms with Crippen LogP contribution in [0, 0.1) is 0 Å². The van der Waals surface area contributed by atoms with Crippen molar-refractivity contribution in [3.05, 3.63) is 24.3 Å². The fraction of sp³-hybridized carbons (Fsp3) is 0.222. The van der Waals surface area contributed by atoms with E-state index in [0.29, 0.717) is 0 Å². The van der Waals surface area contributed by atoms with Crippen LogP contribution in [0.1, 0.15) is 0 Å². The summed E-state index contributed by atoms with van der Waals surface area (Å²) in [4.78, 5) is 4.33. The first-order chi connectivity index (χ1) is 5.95. The molecule has 0 saturated heterocycles. The summed E-state index contributed by atoms with van der Waals surface area (Å²) in [7, 11) is 0. The molecule has 2 aromatic rings. The topological polar surface area (TPSA) is 27.1 Å². The Morgan fingerprint density at radius 1 is 1.33 bits per heavy atom. The lowest BCUT2D eigenvalue weighted by atomic mass is 10.3. The highest BCUT2D eigenvalue weighted by molar-refractivity contribution is 5.76. The molecule has 1 aliphatic rings. The molecule has 0 saturated carbocycles. The number of rotatable bonds is 0. The van der Waals surface area contributed by atoms with E-state index < -0.39 is 0 Å². The van der Waals surface area contributed by atoms with Gasteiger partial charge in [0, 0.05) is 0 Å². The van der Waals surface area contributed by atoms with Crippen molar-refractivity contribution in [2.45, 2.75) is 6.54 Å². The maximum atomic E-state index is 5.34. The lowest BCUT2D eigenvalue weighted by Crippen LogP contribution is -1.92. The van der Waals surface area contributed by atoms with E-state index in [-0.39, 0.29) is 0 Å². The second-order valence-electron chi connectivity index (χ2n) is 2.88. The molecule has 60 valence electrons. The normalized spacial score (nSPS) is 14.7. The first-order valence-electron chi connectivity index (χ1n) is 4.03. The second kappa shape index (κ2) is 2.00. The van der Waals surface area contributed by atoms with E-state index in [1.165, 1.54) is 5.52 Å². The van der Waals surface area contributed by atoms with Crippen molar-refractivity contribution in [2.24, 2.45) is 0 Å². The van der Waals surface area contributed by atoms with Crippen molar-refractivity contribution in [3.63, 3.8) is 0 Å². The molecule has 3 rings (SSSR count). The predicted octanol–water partition coefficient (Wildman–Crippen LogP) is 1.43. The molecule has 1 aromatic carbocycles. The van der Waals surface area contributed by atoms with Gasteiger partial charge in [-0.2, -0.15) is 4.98 Å². The summed E-state index contributed by atoms with van der Waals surface area (Å²) in [6.45, 7) is 1.68. The Bertz CT molecular complexity index is 433. The number of aromatic nitrogens is 2. The zero-order valence-corrected chi connectivity index (χ0v) is 6.53. The standard InChI is InChI=1S/C9H8N2O/c1-2-4-8-7(3-1)10-9-11(8)5-6-12-9/h1-4H,5-6H2. The van der Waals surface area contributed by atoms with Crippen molar-refractivity contribution in [3.8, 4) is 6.01 Å². The van der Waals surface area contributed by atoms with E-state index in [2.05, 4.69) is 15.6 Å². The van der Waals surface area contributed by atoms with Gasteiger partial charge >= 0.3 is 0 Å². The van der Waals surface area contributed by atoms with Crippen molar-refractivity contribution >= 4 is 11.0 Å². The van der Waals surface area contributed by atoms with E-state index in [4.69, 9.17) is 4.74 Å². The van der Waals surface area contributed by atoms with Crippen molar-refractivity contribution in [1.29, 1.82) is 0 Å². The highest BCUT2D eigenvalue weighted by atomic mass is 16.5. The number of benzene rings is 1. The molecule has 0 fully saturated rings. The highest BCUT2D eigenvalue weighted by Gasteiger charge is 2.15. The molecule has 1 aliphatic heterocycles. The molecular formula is C9H8N2O. The summed E-state index contributed by atoms with van der Waals surface area (Å²) in [6, 6.07) is 8.85. The molecule has 0 radical (unpaired) electrons. The summed E-state index contributed by atoms with van der Waals surface area (Å²) in [5.41, 5.74) is 2.19. The minimum Gasteiger partial charge on any atom is -0.463 e. The summed E-state index contributed by atoms with van der Waals surface area (Å²) in [6.07, 6.45) is 0. The number of hydrogen-bond donors (Lipinski definition) is 0. The first-order valence-corrected chi connectivity index (χ1v) is 4.03. The average molecular weight is 160 g/mol. The SMILES string of the molecule is c1ccc2c(c1)nc1n2CCO1. The minimum atomic E-state index is 0.757. The largest absolute Gasteiger partial charge is 0.463 e. The summed E-state index contributed by atoms with van der Waals surface area (Å²) in [5.74, 6) is 0. The molecule has 0 unspecified atom stereocenters. The Kier molecular flexibility index (Phi) is 1.01. The third-order valence-corrected chi connectivity index (χ3v) is 2.17. The van der Waals surface area contributed by atoms with E-state index >= 15 is 0 Å². The lowest BCUT2D eigenvalue weighted by Gasteiger charge is -1.92. The van der Waals surface area contributed by atoms with Gasteiger partial charge in [-0.3, -0.25) is 4.57 Å². The smallest absolute Gasteiger partial charge is 0.297 e. The van der Waals surface area contributed by atoms with Gasteiger partial charge in [0.05, 0.1) is 17.6 Å². The Morgan fingerprint density at radius 2 is 2.25 bits per heavy atom. The van der Waals surface area contributed by atoms with Crippen LogP contribution in [0.15, 0.2) is 24.3 Å². The van der Waals surface area contributed by atoms with Gasteiger partial charge in [-0.05, 0) is 12.1 Å². The van der Waals surface area contributed by atoms with Crippen LogP contribution in [0.3, 0.4) is 0 Å². The summed E-state index contributed by atoms with van der Waals surface area (Å²) in [5, 5.41) is 0. The van der Waals surface area contributed by atoms with Gasteiger partial charge in [0.15, 0.2) is 0 Å². The fourth-order valence-electron chi connectivity index (χ4n) is 1.61. The van der Waals surface area contributed by atoms with Gasteiger partial charge < -0.3 is 4.74 Å². The summed E-state index contributed by atoms with van der Waals surface area (Å²) < 4.78 is 7.44. The maximum absolute atomic E-state index is 5.34. The molecule has 0 spiro atoms. The van der Waals surface area contributed by atoms with Crippen molar-refractivity contribution in [1.82, 2.24) is 9.55 Å². The van der Waals surface area contributed by atoms with Gasteiger partial charge in [-0.25, -0.2) is 0 Å². The molecule has 0 aliphatic carbocycles. The van der Waals surface area contributed by atoms with E-state index in [1.54, 1.807) is 0 Å². The number of imidazole rings is 1. The molecule has 0 amide bonds. The quantitative estimate of drug-likeness (QED) is 0.583. The Balaban J connectivity index is 2.44. The van der Waals surface area contributed by atoms with E-state index in [1.807, 2.05) is 18.2 Å². The minimum absolute atomic E-state index is 0.757. The van der Waals surface area contributed by atoms with Crippen LogP contribution in [0.2, 0.25) is 0 Å². The maximum Gasteiger partial charge on any atom is 0.297 e. The van der Waals surface area contributed by atoms with Crippen LogP contribution in [-0.2, 0) is 6.54 Å². The summed E-state index contributed by atoms with van der Waals surface area (Å²) >= 11 is 0. The van der Waals surface area contributed by atoms with Crippen LogP contribution < -0.4 is 4.74 Å². The number of ether oxygens (including phenoxy) is 1. The number of hydrogen-bond acceptors (Lipinski definition) is 2. The molecule has 12 heavy (non-hydrogen) atoms. The zero-order valence-electron chi connectivity index (χ0n) is 6.53. The average Bonchev–Trinajstić information content (AvgIpc) is 2.62. The van der Waals surface area contributed by atoms with Gasteiger partial charge in [0.1, 0.15) is 6.61 Å².